The van der Waals surface area contributed by atoms with Crippen molar-refractivity contribution in [3.8, 4) is 0 Å². The lowest BCUT2D eigenvalue weighted by atomic mass is 10.2. The number of amides is 2. The fourth-order valence-electron chi connectivity index (χ4n) is 3.40. The van der Waals surface area contributed by atoms with Crippen molar-refractivity contribution in [2.45, 2.75) is 18.9 Å². The summed E-state index contributed by atoms with van der Waals surface area (Å²) in [4.78, 5) is 31.0. The molecule has 1 unspecified atom stereocenters. The summed E-state index contributed by atoms with van der Waals surface area (Å²) in [5, 5.41) is 8.12. The third-order valence-corrected chi connectivity index (χ3v) is 5.72. The number of thiazole rings is 1. The van der Waals surface area contributed by atoms with Gasteiger partial charge in [-0.1, -0.05) is 30.3 Å². The predicted molar refractivity (Wildman–Crippen MR) is 115 cm³/mol. The Morgan fingerprint density at radius 2 is 1.90 bits per heavy atom. The Bertz CT molecular complexity index is 1040. The summed E-state index contributed by atoms with van der Waals surface area (Å²) in [6.07, 6.45) is 1.06. The minimum absolute atomic E-state index is 0.00430. The summed E-state index contributed by atoms with van der Waals surface area (Å²) < 4.78 is 13.7. The topological polar surface area (TPSA) is 74.3 Å². The molecular weight excluding hydrogens is 403 g/mol. The number of likely N-dealkylation sites (tertiary alicyclic amines) is 1. The number of anilines is 2. The van der Waals surface area contributed by atoms with E-state index in [2.05, 4.69) is 15.6 Å². The molecule has 0 saturated carbocycles. The molecule has 30 heavy (non-hydrogen) atoms. The number of para-hydroxylation sites is 1. The highest BCUT2D eigenvalue weighted by atomic mass is 32.1. The van der Waals surface area contributed by atoms with Gasteiger partial charge in [0, 0.05) is 30.2 Å². The van der Waals surface area contributed by atoms with Gasteiger partial charge in [0.15, 0.2) is 5.13 Å². The highest BCUT2D eigenvalue weighted by Gasteiger charge is 2.26. The number of rotatable bonds is 6. The van der Waals surface area contributed by atoms with Gasteiger partial charge in [-0.05, 0) is 30.7 Å². The zero-order valence-electron chi connectivity index (χ0n) is 16.2. The number of hydrogen-bond donors (Lipinski definition) is 2. The monoisotopic (exact) mass is 424 g/mol. The second-order valence-corrected chi connectivity index (χ2v) is 7.95. The van der Waals surface area contributed by atoms with E-state index in [1.54, 1.807) is 11.4 Å². The first-order valence-electron chi connectivity index (χ1n) is 9.68. The third-order valence-electron chi connectivity index (χ3n) is 4.91. The number of carbonyl (C=O) groups excluding carboxylic acids is 2. The molecule has 6 nitrogen and oxygen atoms in total. The number of halogens is 1. The van der Waals surface area contributed by atoms with Crippen LogP contribution in [-0.2, 0) is 11.2 Å². The lowest BCUT2D eigenvalue weighted by Crippen LogP contribution is -2.32. The molecule has 2 N–H and O–H groups in total. The van der Waals surface area contributed by atoms with E-state index in [1.165, 1.54) is 29.5 Å². The zero-order valence-corrected chi connectivity index (χ0v) is 17.0. The van der Waals surface area contributed by atoms with E-state index in [0.29, 0.717) is 23.9 Å². The van der Waals surface area contributed by atoms with Crippen LogP contribution in [0.15, 0.2) is 60.0 Å². The molecule has 2 heterocycles. The van der Waals surface area contributed by atoms with E-state index in [0.717, 1.165) is 12.1 Å². The number of benzene rings is 2. The Morgan fingerprint density at radius 3 is 2.70 bits per heavy atom. The maximum atomic E-state index is 13.7. The van der Waals surface area contributed by atoms with Crippen LogP contribution in [0.25, 0.3) is 0 Å². The lowest BCUT2D eigenvalue weighted by molar-refractivity contribution is -0.129. The molecule has 2 aromatic carbocycles. The van der Waals surface area contributed by atoms with Crippen LogP contribution in [0.2, 0.25) is 0 Å². The molecule has 1 aromatic heterocycles. The molecule has 1 atom stereocenters. The molecule has 4 rings (SSSR count). The standard InChI is InChI=1S/C22H21FN4O2S/c23-19-9-5-4-8-18(19)21(29)26-22-25-17(14-30-22)12-20(28)27-11-10-16(13-27)24-15-6-2-1-3-7-15/h1-9,14,16,24H,10-13H2,(H,25,26,29). The van der Waals surface area contributed by atoms with E-state index in [-0.39, 0.29) is 23.9 Å². The van der Waals surface area contributed by atoms with Crippen LogP contribution in [0.3, 0.4) is 0 Å². The summed E-state index contributed by atoms with van der Waals surface area (Å²) in [7, 11) is 0. The van der Waals surface area contributed by atoms with Crippen LogP contribution in [0.1, 0.15) is 22.5 Å². The Hall–Kier alpha value is -3.26. The SMILES string of the molecule is O=C(Nc1nc(CC(=O)N2CCC(Nc3ccccc3)C2)cs1)c1ccccc1F. The van der Waals surface area contributed by atoms with Gasteiger partial charge in [-0.3, -0.25) is 14.9 Å². The van der Waals surface area contributed by atoms with Gasteiger partial charge in [0.2, 0.25) is 5.91 Å². The van der Waals surface area contributed by atoms with Crippen molar-refractivity contribution in [3.63, 3.8) is 0 Å². The van der Waals surface area contributed by atoms with Crippen molar-refractivity contribution < 1.29 is 14.0 Å². The Morgan fingerprint density at radius 1 is 1.13 bits per heavy atom. The summed E-state index contributed by atoms with van der Waals surface area (Å²) in [5.74, 6) is -1.14. The molecule has 1 aliphatic heterocycles. The zero-order chi connectivity index (χ0) is 20.9. The molecule has 0 bridgehead atoms. The number of hydrogen-bond acceptors (Lipinski definition) is 5. The Labute approximate surface area is 177 Å². The first-order chi connectivity index (χ1) is 14.6. The largest absolute Gasteiger partial charge is 0.380 e. The van der Waals surface area contributed by atoms with Crippen LogP contribution in [0.5, 0.6) is 0 Å². The molecular formula is C22H21FN4O2S. The molecule has 0 spiro atoms. The van der Waals surface area contributed by atoms with E-state index in [4.69, 9.17) is 0 Å². The molecule has 0 aliphatic carbocycles. The van der Waals surface area contributed by atoms with Crippen LogP contribution in [0, 0.1) is 5.82 Å². The van der Waals surface area contributed by atoms with E-state index in [9.17, 15) is 14.0 Å². The summed E-state index contributed by atoms with van der Waals surface area (Å²) in [6, 6.07) is 15.9. The minimum Gasteiger partial charge on any atom is -0.380 e. The highest BCUT2D eigenvalue weighted by molar-refractivity contribution is 7.14. The molecule has 1 aliphatic rings. The molecule has 1 saturated heterocycles. The van der Waals surface area contributed by atoms with Gasteiger partial charge in [0.1, 0.15) is 5.82 Å². The molecule has 2 amide bonds. The van der Waals surface area contributed by atoms with Gasteiger partial charge in [0.05, 0.1) is 17.7 Å². The van der Waals surface area contributed by atoms with Gasteiger partial charge >= 0.3 is 0 Å². The van der Waals surface area contributed by atoms with Crippen molar-refractivity contribution in [3.05, 3.63) is 77.1 Å². The van der Waals surface area contributed by atoms with Crippen molar-refractivity contribution in [1.82, 2.24) is 9.88 Å². The summed E-state index contributed by atoms with van der Waals surface area (Å²) in [5.41, 5.74) is 1.60. The highest BCUT2D eigenvalue weighted by Crippen LogP contribution is 2.20. The average Bonchev–Trinajstić information content (AvgIpc) is 3.38. The van der Waals surface area contributed by atoms with Crippen LogP contribution < -0.4 is 10.6 Å². The van der Waals surface area contributed by atoms with Crippen LogP contribution in [0.4, 0.5) is 15.2 Å². The third kappa shape index (κ3) is 4.83. The fourth-order valence-corrected chi connectivity index (χ4v) is 4.10. The summed E-state index contributed by atoms with van der Waals surface area (Å²) in [6.45, 7) is 1.35. The number of nitrogens with zero attached hydrogens (tertiary/aromatic N) is 2. The Balaban J connectivity index is 1.30. The number of aromatic nitrogens is 1. The average molecular weight is 425 g/mol. The molecule has 3 aromatic rings. The van der Waals surface area contributed by atoms with Crippen LogP contribution >= 0.6 is 11.3 Å². The summed E-state index contributed by atoms with van der Waals surface area (Å²) >= 11 is 1.22. The first kappa shape index (κ1) is 20.0. The Kier molecular flexibility index (Phi) is 6.04. The van der Waals surface area contributed by atoms with Gasteiger partial charge in [-0.2, -0.15) is 0 Å². The molecule has 1 fully saturated rings. The predicted octanol–water partition coefficient (Wildman–Crippen LogP) is 3.79. The van der Waals surface area contributed by atoms with Crippen molar-refractivity contribution >= 4 is 34.0 Å². The molecule has 154 valence electrons. The normalized spacial score (nSPS) is 15.8. The van der Waals surface area contributed by atoms with Crippen molar-refractivity contribution in [2.24, 2.45) is 0 Å². The molecule has 0 radical (unpaired) electrons. The number of carbonyl (C=O) groups is 2. The second kappa shape index (κ2) is 9.04. The van der Waals surface area contributed by atoms with Crippen molar-refractivity contribution in [2.75, 3.05) is 23.7 Å². The maximum absolute atomic E-state index is 13.7. The van der Waals surface area contributed by atoms with Gasteiger partial charge in [-0.25, -0.2) is 9.37 Å². The maximum Gasteiger partial charge on any atom is 0.260 e. The number of nitrogens with one attached hydrogen (secondary N) is 2. The van der Waals surface area contributed by atoms with Crippen LogP contribution in [-0.4, -0.2) is 40.8 Å². The van der Waals surface area contributed by atoms with E-state index < -0.39 is 11.7 Å². The fraction of sp³-hybridized carbons (Fsp3) is 0.227. The van der Waals surface area contributed by atoms with Crippen molar-refractivity contribution in [1.29, 1.82) is 0 Å². The van der Waals surface area contributed by atoms with Gasteiger partial charge < -0.3 is 10.2 Å². The second-order valence-electron chi connectivity index (χ2n) is 7.09. The molecule has 8 heteroatoms. The lowest BCUT2D eigenvalue weighted by Gasteiger charge is -2.17. The van der Waals surface area contributed by atoms with E-state index >= 15 is 0 Å². The van der Waals surface area contributed by atoms with Gasteiger partial charge in [-0.15, -0.1) is 11.3 Å². The van der Waals surface area contributed by atoms with E-state index in [1.807, 2.05) is 35.2 Å². The quantitative estimate of drug-likeness (QED) is 0.631. The minimum atomic E-state index is -0.588. The van der Waals surface area contributed by atoms with Gasteiger partial charge in [0.25, 0.3) is 5.91 Å². The smallest absolute Gasteiger partial charge is 0.260 e. The first-order valence-corrected chi connectivity index (χ1v) is 10.6.